The number of aryl methyl sites for hydroxylation is 1. The molecule has 0 aromatic heterocycles. The van der Waals surface area contributed by atoms with Crippen LogP contribution in [0.25, 0.3) is 11.1 Å². The van der Waals surface area contributed by atoms with Gasteiger partial charge in [-0.15, -0.1) is 0 Å². The average molecular weight is 459 g/mol. The van der Waals surface area contributed by atoms with Gasteiger partial charge in [0.15, 0.2) is 0 Å². The predicted octanol–water partition coefficient (Wildman–Crippen LogP) is 4.90. The summed E-state index contributed by atoms with van der Waals surface area (Å²) in [5.41, 5.74) is 5.95. The number of ether oxygens (including phenoxy) is 1. The number of fused-ring (bicyclic) bond motifs is 3. The van der Waals surface area contributed by atoms with Crippen LogP contribution < -0.4 is 5.32 Å². The topological polar surface area (TPSA) is 95.9 Å². The number of rotatable bonds is 7. The fraction of sp³-hybridized carbons (Fsp3) is 0.222. The monoisotopic (exact) mass is 458 g/mol. The van der Waals surface area contributed by atoms with Crippen LogP contribution in [0, 0.1) is 6.92 Å². The molecule has 0 bridgehead atoms. The Morgan fingerprint density at radius 3 is 2.21 bits per heavy atom. The van der Waals surface area contributed by atoms with Gasteiger partial charge in [-0.1, -0.05) is 60.2 Å². The summed E-state index contributed by atoms with van der Waals surface area (Å²) in [6.45, 7) is 2.06. The molecule has 0 fully saturated rings. The molecule has 7 nitrogen and oxygen atoms in total. The van der Waals surface area contributed by atoms with Crippen LogP contribution in [0.3, 0.4) is 0 Å². The molecule has 174 valence electrons. The van der Waals surface area contributed by atoms with Gasteiger partial charge in [0.25, 0.3) is 5.91 Å². The first-order valence-electron chi connectivity index (χ1n) is 11.0. The number of benzene rings is 3. The first-order chi connectivity index (χ1) is 16.3. The van der Waals surface area contributed by atoms with Gasteiger partial charge >= 0.3 is 12.1 Å². The molecule has 2 N–H and O–H groups in total. The second kappa shape index (κ2) is 9.79. The third kappa shape index (κ3) is 4.78. The van der Waals surface area contributed by atoms with Gasteiger partial charge in [-0.25, -0.2) is 4.79 Å². The third-order valence-corrected chi connectivity index (χ3v) is 5.99. The molecular weight excluding hydrogens is 432 g/mol. The van der Waals surface area contributed by atoms with E-state index in [-0.39, 0.29) is 37.0 Å². The maximum atomic E-state index is 12.9. The second-order valence-corrected chi connectivity index (χ2v) is 8.37. The highest BCUT2D eigenvalue weighted by Gasteiger charge is 2.29. The Morgan fingerprint density at radius 2 is 1.59 bits per heavy atom. The third-order valence-electron chi connectivity index (χ3n) is 5.99. The smallest absolute Gasteiger partial charge is 0.411 e. The van der Waals surface area contributed by atoms with Crippen molar-refractivity contribution in [2.45, 2.75) is 19.3 Å². The molecule has 1 aliphatic rings. The van der Waals surface area contributed by atoms with Crippen LogP contribution in [-0.2, 0) is 9.53 Å². The molecule has 2 amide bonds. The molecule has 3 aromatic rings. The summed E-state index contributed by atoms with van der Waals surface area (Å²) >= 11 is 0. The van der Waals surface area contributed by atoms with Crippen molar-refractivity contribution in [3.63, 3.8) is 0 Å². The van der Waals surface area contributed by atoms with Crippen molar-refractivity contribution in [1.29, 1.82) is 0 Å². The minimum Gasteiger partial charge on any atom is -0.481 e. The van der Waals surface area contributed by atoms with E-state index in [1.165, 1.54) is 11.9 Å². The minimum absolute atomic E-state index is 0.0620. The number of nitrogens with zero attached hydrogens (tertiary/aromatic N) is 1. The largest absolute Gasteiger partial charge is 0.481 e. The fourth-order valence-electron chi connectivity index (χ4n) is 4.26. The van der Waals surface area contributed by atoms with Crippen molar-refractivity contribution < 1.29 is 24.2 Å². The highest BCUT2D eigenvalue weighted by atomic mass is 16.5. The van der Waals surface area contributed by atoms with Gasteiger partial charge in [-0.05, 0) is 41.3 Å². The SMILES string of the molecule is Cc1ccc(NC(=O)OCC2c3ccccc3-c3ccccc32)c(C(=O)N(C)CCC(=O)O)c1. The minimum atomic E-state index is -0.985. The van der Waals surface area contributed by atoms with Crippen LogP contribution in [0.4, 0.5) is 10.5 Å². The van der Waals surface area contributed by atoms with E-state index in [0.29, 0.717) is 5.69 Å². The summed E-state index contributed by atoms with van der Waals surface area (Å²) in [6.07, 6.45) is -0.823. The van der Waals surface area contributed by atoms with Gasteiger partial charge in [-0.3, -0.25) is 14.9 Å². The van der Waals surface area contributed by atoms with E-state index in [1.54, 1.807) is 18.2 Å². The molecule has 0 radical (unpaired) electrons. The Labute approximate surface area is 198 Å². The molecular formula is C27H26N2O5. The lowest BCUT2D eigenvalue weighted by atomic mass is 9.98. The van der Waals surface area contributed by atoms with Crippen molar-refractivity contribution in [2.24, 2.45) is 0 Å². The second-order valence-electron chi connectivity index (χ2n) is 8.37. The lowest BCUT2D eigenvalue weighted by molar-refractivity contribution is -0.137. The number of carboxylic acids is 1. The zero-order valence-corrected chi connectivity index (χ0v) is 19.1. The van der Waals surface area contributed by atoms with E-state index in [1.807, 2.05) is 43.3 Å². The van der Waals surface area contributed by atoms with Crippen molar-refractivity contribution in [3.05, 3.63) is 89.0 Å². The number of carbonyl (C=O) groups is 3. The molecule has 0 saturated heterocycles. The van der Waals surface area contributed by atoms with E-state index in [4.69, 9.17) is 9.84 Å². The van der Waals surface area contributed by atoms with Gasteiger partial charge in [0.05, 0.1) is 17.7 Å². The lowest BCUT2D eigenvalue weighted by Gasteiger charge is -2.19. The van der Waals surface area contributed by atoms with Crippen molar-refractivity contribution >= 4 is 23.7 Å². The Morgan fingerprint density at radius 1 is 0.971 bits per heavy atom. The van der Waals surface area contributed by atoms with Crippen molar-refractivity contribution in [2.75, 3.05) is 25.5 Å². The molecule has 0 aliphatic heterocycles. The molecule has 0 atom stereocenters. The number of amides is 2. The summed E-state index contributed by atoms with van der Waals surface area (Å²) in [5.74, 6) is -1.43. The Balaban J connectivity index is 1.47. The fourth-order valence-corrected chi connectivity index (χ4v) is 4.26. The zero-order valence-electron chi connectivity index (χ0n) is 19.1. The van der Waals surface area contributed by atoms with E-state index >= 15 is 0 Å². The molecule has 1 aliphatic carbocycles. The normalized spacial score (nSPS) is 11.9. The number of aliphatic carboxylic acids is 1. The van der Waals surface area contributed by atoms with E-state index in [0.717, 1.165) is 27.8 Å². The van der Waals surface area contributed by atoms with Crippen LogP contribution in [-0.4, -0.2) is 48.2 Å². The standard InChI is InChI=1S/C27H26N2O5/c1-17-11-12-24(22(15-17)26(32)29(2)14-13-25(30)31)28-27(33)34-16-23-20-9-5-3-7-18(20)19-8-4-6-10-21(19)23/h3-12,15,23H,13-14,16H2,1-2H3,(H,28,33)(H,30,31). The number of hydrogen-bond acceptors (Lipinski definition) is 4. The molecule has 4 rings (SSSR count). The molecule has 3 aromatic carbocycles. The number of hydrogen-bond donors (Lipinski definition) is 2. The predicted molar refractivity (Wildman–Crippen MR) is 129 cm³/mol. The first-order valence-corrected chi connectivity index (χ1v) is 11.0. The van der Waals surface area contributed by atoms with Crippen LogP contribution in [0.2, 0.25) is 0 Å². The number of nitrogens with one attached hydrogen (secondary N) is 1. The van der Waals surface area contributed by atoms with Crippen LogP contribution in [0.1, 0.15) is 39.4 Å². The molecule has 0 spiro atoms. The van der Waals surface area contributed by atoms with E-state index < -0.39 is 12.1 Å². The molecule has 0 saturated carbocycles. The van der Waals surface area contributed by atoms with Gasteiger partial charge in [0.1, 0.15) is 6.61 Å². The van der Waals surface area contributed by atoms with Gasteiger partial charge in [-0.2, -0.15) is 0 Å². The number of carbonyl (C=O) groups excluding carboxylic acids is 2. The molecule has 34 heavy (non-hydrogen) atoms. The van der Waals surface area contributed by atoms with E-state index in [9.17, 15) is 14.4 Å². The first kappa shape index (κ1) is 23.0. The quantitative estimate of drug-likeness (QED) is 0.525. The highest BCUT2D eigenvalue weighted by molar-refractivity contribution is 6.02. The Hall–Kier alpha value is -4.13. The maximum Gasteiger partial charge on any atom is 0.411 e. The molecule has 7 heteroatoms. The maximum absolute atomic E-state index is 12.9. The highest BCUT2D eigenvalue weighted by Crippen LogP contribution is 2.44. The molecule has 0 heterocycles. The summed E-state index contributed by atoms with van der Waals surface area (Å²) in [5, 5.41) is 11.6. The van der Waals surface area contributed by atoms with Gasteiger partial charge < -0.3 is 14.7 Å². The van der Waals surface area contributed by atoms with Gasteiger partial charge in [0.2, 0.25) is 0 Å². The van der Waals surface area contributed by atoms with Crippen LogP contribution in [0.5, 0.6) is 0 Å². The van der Waals surface area contributed by atoms with Crippen molar-refractivity contribution in [1.82, 2.24) is 4.90 Å². The Bertz CT molecular complexity index is 1210. The van der Waals surface area contributed by atoms with Gasteiger partial charge in [0, 0.05) is 19.5 Å². The van der Waals surface area contributed by atoms with Crippen molar-refractivity contribution in [3.8, 4) is 11.1 Å². The number of anilines is 1. The number of carboxylic acid groups (broad SMARTS) is 1. The van der Waals surface area contributed by atoms with Crippen LogP contribution in [0.15, 0.2) is 66.7 Å². The zero-order chi connectivity index (χ0) is 24.2. The Kier molecular flexibility index (Phi) is 6.63. The summed E-state index contributed by atoms with van der Waals surface area (Å²) in [4.78, 5) is 37.8. The molecule has 0 unspecified atom stereocenters. The summed E-state index contributed by atoms with van der Waals surface area (Å²) < 4.78 is 5.60. The van der Waals surface area contributed by atoms with Crippen LogP contribution >= 0.6 is 0 Å². The average Bonchev–Trinajstić information content (AvgIpc) is 3.15. The van der Waals surface area contributed by atoms with E-state index in [2.05, 4.69) is 17.4 Å². The summed E-state index contributed by atoms with van der Waals surface area (Å²) in [7, 11) is 1.53. The lowest BCUT2D eigenvalue weighted by Crippen LogP contribution is -2.30. The summed E-state index contributed by atoms with van der Waals surface area (Å²) in [6, 6.07) is 21.3.